The van der Waals surface area contributed by atoms with E-state index in [-0.39, 0.29) is 28.8 Å². The fraction of sp³-hybridized carbons (Fsp3) is 0.917. The van der Waals surface area contributed by atoms with Crippen molar-refractivity contribution >= 4 is 17.7 Å². The van der Waals surface area contributed by atoms with Crippen molar-refractivity contribution in [2.45, 2.75) is 45.0 Å². The molecule has 0 bridgehead atoms. The molecule has 0 amide bonds. The van der Waals surface area contributed by atoms with E-state index in [4.69, 9.17) is 5.11 Å². The third-order valence-electron chi connectivity index (χ3n) is 3.59. The molecule has 0 aromatic rings. The van der Waals surface area contributed by atoms with E-state index >= 15 is 0 Å². The maximum atomic E-state index is 12.1. The van der Waals surface area contributed by atoms with Gasteiger partial charge in [0.15, 0.2) is 0 Å². The number of hydrogen-bond acceptors (Lipinski definition) is 2. The van der Waals surface area contributed by atoms with Crippen molar-refractivity contribution in [3.63, 3.8) is 0 Å². The number of aliphatic carboxylic acids is 1. The molecule has 0 heterocycles. The first-order chi connectivity index (χ1) is 8.11. The van der Waals surface area contributed by atoms with Crippen LogP contribution < -0.4 is 0 Å². The van der Waals surface area contributed by atoms with Gasteiger partial charge in [-0.2, -0.15) is 13.2 Å². The first kappa shape index (κ1) is 15.7. The molecular formula is C12H19F3O2S. The smallest absolute Gasteiger partial charge is 0.441 e. The third kappa shape index (κ3) is 5.08. The van der Waals surface area contributed by atoms with E-state index in [0.29, 0.717) is 19.3 Å². The Bertz CT molecular complexity index is 302. The maximum Gasteiger partial charge on any atom is 0.441 e. The third-order valence-corrected chi connectivity index (χ3v) is 4.35. The first-order valence-corrected chi connectivity index (χ1v) is 7.03. The maximum absolute atomic E-state index is 12.1. The van der Waals surface area contributed by atoms with Gasteiger partial charge in [0, 0.05) is 5.75 Å². The topological polar surface area (TPSA) is 37.3 Å². The molecule has 2 atom stereocenters. The molecule has 0 aromatic carbocycles. The number of carbonyl (C=O) groups is 1. The average molecular weight is 284 g/mol. The minimum atomic E-state index is -4.22. The molecule has 2 unspecified atom stereocenters. The van der Waals surface area contributed by atoms with Crippen LogP contribution in [0.25, 0.3) is 0 Å². The molecule has 106 valence electrons. The van der Waals surface area contributed by atoms with Crippen LogP contribution in [0.3, 0.4) is 0 Å². The second-order valence-corrected chi connectivity index (χ2v) is 6.85. The zero-order valence-electron chi connectivity index (χ0n) is 10.6. The molecule has 1 aliphatic carbocycles. The number of hydrogen-bond donors (Lipinski definition) is 1. The Morgan fingerprint density at radius 1 is 1.44 bits per heavy atom. The highest BCUT2D eigenvalue weighted by Crippen LogP contribution is 2.44. The summed E-state index contributed by atoms with van der Waals surface area (Å²) in [6.07, 6.45) is 2.42. The van der Waals surface area contributed by atoms with Gasteiger partial charge in [0.2, 0.25) is 0 Å². The molecule has 1 aliphatic rings. The highest BCUT2D eigenvalue weighted by molar-refractivity contribution is 8.00. The van der Waals surface area contributed by atoms with Crippen LogP contribution in [0.1, 0.15) is 39.5 Å². The molecule has 2 nitrogen and oxygen atoms in total. The predicted octanol–water partition coefficient (Wildman–Crippen LogP) is 4.16. The number of rotatable bonds is 4. The lowest BCUT2D eigenvalue weighted by atomic mass is 9.66. The van der Waals surface area contributed by atoms with Crippen molar-refractivity contribution in [1.82, 2.24) is 0 Å². The van der Waals surface area contributed by atoms with Crippen molar-refractivity contribution < 1.29 is 23.1 Å². The minimum absolute atomic E-state index is 0.0412. The van der Waals surface area contributed by atoms with Gasteiger partial charge in [0.25, 0.3) is 0 Å². The Hall–Kier alpha value is -0.390. The van der Waals surface area contributed by atoms with Crippen LogP contribution in [-0.2, 0) is 4.79 Å². The first-order valence-electron chi connectivity index (χ1n) is 6.04. The van der Waals surface area contributed by atoms with Gasteiger partial charge >= 0.3 is 11.5 Å². The second-order valence-electron chi connectivity index (χ2n) is 5.69. The van der Waals surface area contributed by atoms with Crippen LogP contribution in [0, 0.1) is 17.3 Å². The molecule has 0 aromatic heterocycles. The largest absolute Gasteiger partial charge is 0.481 e. The van der Waals surface area contributed by atoms with E-state index < -0.39 is 17.4 Å². The van der Waals surface area contributed by atoms with Gasteiger partial charge < -0.3 is 5.11 Å². The van der Waals surface area contributed by atoms with Gasteiger partial charge in [-0.25, -0.2) is 0 Å². The Kier molecular flexibility index (Phi) is 4.98. The van der Waals surface area contributed by atoms with Crippen molar-refractivity contribution in [3.8, 4) is 0 Å². The van der Waals surface area contributed by atoms with Crippen LogP contribution in [0.2, 0.25) is 0 Å². The number of thioether (sulfide) groups is 1. The summed E-state index contributed by atoms with van der Waals surface area (Å²) in [5.41, 5.74) is -4.18. The summed E-state index contributed by atoms with van der Waals surface area (Å²) in [6, 6.07) is 0. The molecule has 18 heavy (non-hydrogen) atoms. The van der Waals surface area contributed by atoms with E-state index in [1.54, 1.807) is 0 Å². The Labute approximate surface area is 109 Å². The van der Waals surface area contributed by atoms with Gasteiger partial charge in [0.1, 0.15) is 0 Å². The van der Waals surface area contributed by atoms with Crippen LogP contribution in [0.15, 0.2) is 0 Å². The lowest BCUT2D eigenvalue weighted by Gasteiger charge is -2.39. The normalized spacial score (nSPS) is 28.1. The molecule has 1 N–H and O–H groups in total. The van der Waals surface area contributed by atoms with Crippen LogP contribution in [0.5, 0.6) is 0 Å². The van der Waals surface area contributed by atoms with Crippen molar-refractivity contribution in [3.05, 3.63) is 0 Å². The number of carboxylic acids is 1. The summed E-state index contributed by atoms with van der Waals surface area (Å²) in [6.45, 7) is 4.10. The molecule has 1 fully saturated rings. The zero-order chi connectivity index (χ0) is 14.0. The van der Waals surface area contributed by atoms with Crippen LogP contribution >= 0.6 is 11.8 Å². The standard InChI is InChI=1S/C12H19F3O2S/c1-11(2)5-3-9(10(16)17)8(7-11)4-6-18-12(13,14)15/h8-9H,3-7H2,1-2H3,(H,16,17). The quantitative estimate of drug-likeness (QED) is 0.842. The Morgan fingerprint density at radius 3 is 2.56 bits per heavy atom. The highest BCUT2D eigenvalue weighted by atomic mass is 32.2. The average Bonchev–Trinajstić information content (AvgIpc) is 2.13. The lowest BCUT2D eigenvalue weighted by Crippen LogP contribution is -2.34. The molecule has 1 saturated carbocycles. The fourth-order valence-corrected chi connectivity index (χ4v) is 3.34. The van der Waals surface area contributed by atoms with Gasteiger partial charge in [-0.15, -0.1) is 0 Å². The van der Waals surface area contributed by atoms with Gasteiger partial charge in [-0.05, 0) is 37.0 Å². The minimum Gasteiger partial charge on any atom is -0.481 e. The second kappa shape index (κ2) is 5.72. The van der Waals surface area contributed by atoms with Gasteiger partial charge in [0.05, 0.1) is 5.92 Å². The van der Waals surface area contributed by atoms with Gasteiger partial charge in [-0.1, -0.05) is 25.6 Å². The van der Waals surface area contributed by atoms with Crippen LogP contribution in [-0.4, -0.2) is 22.3 Å². The van der Waals surface area contributed by atoms with E-state index in [0.717, 1.165) is 6.42 Å². The van der Waals surface area contributed by atoms with E-state index in [1.165, 1.54) is 0 Å². The monoisotopic (exact) mass is 284 g/mol. The summed E-state index contributed by atoms with van der Waals surface area (Å²) in [5, 5.41) is 9.11. The Morgan fingerprint density at radius 2 is 2.06 bits per heavy atom. The number of alkyl halides is 3. The van der Waals surface area contributed by atoms with Crippen molar-refractivity contribution in [1.29, 1.82) is 0 Å². The molecule has 0 aliphatic heterocycles. The van der Waals surface area contributed by atoms with E-state index in [9.17, 15) is 18.0 Å². The molecule has 1 rings (SSSR count). The molecule has 6 heteroatoms. The molecule has 0 radical (unpaired) electrons. The molecule has 0 spiro atoms. The van der Waals surface area contributed by atoms with E-state index in [1.807, 2.05) is 0 Å². The van der Waals surface area contributed by atoms with Crippen molar-refractivity contribution in [2.24, 2.45) is 17.3 Å². The number of halogens is 3. The predicted molar refractivity (Wildman–Crippen MR) is 65.4 cm³/mol. The number of carboxylic acid groups (broad SMARTS) is 1. The SMILES string of the molecule is CC1(C)CCC(C(=O)O)C(CCSC(F)(F)F)C1. The zero-order valence-corrected chi connectivity index (χ0v) is 11.4. The molecular weight excluding hydrogens is 265 g/mol. The lowest BCUT2D eigenvalue weighted by molar-refractivity contribution is -0.146. The van der Waals surface area contributed by atoms with Gasteiger partial charge in [-0.3, -0.25) is 4.79 Å². The summed E-state index contributed by atoms with van der Waals surface area (Å²) in [7, 11) is 0. The summed E-state index contributed by atoms with van der Waals surface area (Å²) in [4.78, 5) is 11.1. The summed E-state index contributed by atoms with van der Waals surface area (Å²) >= 11 is -0.0518. The summed E-state index contributed by atoms with van der Waals surface area (Å²) in [5.74, 6) is -1.53. The Balaban J connectivity index is 2.54. The van der Waals surface area contributed by atoms with E-state index in [2.05, 4.69) is 13.8 Å². The van der Waals surface area contributed by atoms with Crippen LogP contribution in [0.4, 0.5) is 13.2 Å². The highest BCUT2D eigenvalue weighted by Gasteiger charge is 2.39. The fourth-order valence-electron chi connectivity index (χ4n) is 2.69. The summed E-state index contributed by atoms with van der Waals surface area (Å²) < 4.78 is 36.2. The van der Waals surface area contributed by atoms with Crippen molar-refractivity contribution in [2.75, 3.05) is 5.75 Å². The molecule has 0 saturated heterocycles.